The van der Waals surface area contributed by atoms with Crippen LogP contribution < -0.4 is 5.32 Å². The van der Waals surface area contributed by atoms with Gasteiger partial charge in [-0.05, 0) is 12.6 Å². The minimum absolute atomic E-state index is 0.480. The van der Waals surface area contributed by atoms with E-state index in [9.17, 15) is 0 Å². The van der Waals surface area contributed by atoms with E-state index in [4.69, 9.17) is 4.74 Å². The lowest BCUT2D eigenvalue weighted by molar-refractivity contribution is 0.126. The molecule has 0 bridgehead atoms. The van der Waals surface area contributed by atoms with Gasteiger partial charge in [0.05, 0.1) is 13.2 Å². The Labute approximate surface area is 86.3 Å². The maximum Gasteiger partial charge on any atom is 0.0591 e. The molecule has 1 atom stereocenters. The number of hydrogen-bond acceptors (Lipinski definition) is 2. The van der Waals surface area contributed by atoms with E-state index in [0.717, 1.165) is 19.8 Å². The number of nitrogens with one attached hydrogen (secondary N) is 1. The molecular formula is C12H19NO. The molecule has 0 unspecified atom stereocenters. The third-order valence-electron chi connectivity index (χ3n) is 2.23. The van der Waals surface area contributed by atoms with Gasteiger partial charge >= 0.3 is 0 Å². The minimum Gasteiger partial charge on any atom is -0.380 e. The lowest BCUT2D eigenvalue weighted by Gasteiger charge is -2.12. The number of ether oxygens (including phenoxy) is 1. The zero-order valence-electron chi connectivity index (χ0n) is 8.99. The molecule has 1 aromatic rings. The second kappa shape index (κ2) is 6.57. The third-order valence-corrected chi connectivity index (χ3v) is 2.23. The Hall–Kier alpha value is -0.860. The fraction of sp³-hybridized carbons (Fsp3) is 0.500. The van der Waals surface area contributed by atoms with Crippen molar-refractivity contribution in [2.24, 2.45) is 0 Å². The van der Waals surface area contributed by atoms with E-state index in [1.807, 2.05) is 13.1 Å². The van der Waals surface area contributed by atoms with Crippen molar-refractivity contribution < 1.29 is 4.74 Å². The zero-order chi connectivity index (χ0) is 10.2. The summed E-state index contributed by atoms with van der Waals surface area (Å²) in [6.45, 7) is 4.69. The van der Waals surface area contributed by atoms with E-state index in [0.29, 0.717) is 5.92 Å². The second-order valence-corrected chi connectivity index (χ2v) is 3.49. The largest absolute Gasteiger partial charge is 0.380 e. The van der Waals surface area contributed by atoms with Gasteiger partial charge in [0.25, 0.3) is 0 Å². The Kier molecular flexibility index (Phi) is 5.27. The van der Waals surface area contributed by atoms with E-state index in [1.165, 1.54) is 5.56 Å². The summed E-state index contributed by atoms with van der Waals surface area (Å²) >= 11 is 0. The fourth-order valence-electron chi connectivity index (χ4n) is 1.31. The summed E-state index contributed by atoms with van der Waals surface area (Å²) in [5.74, 6) is 0.480. The van der Waals surface area contributed by atoms with Crippen LogP contribution in [0.25, 0.3) is 0 Å². The van der Waals surface area contributed by atoms with E-state index in [2.05, 4.69) is 36.5 Å². The van der Waals surface area contributed by atoms with Crippen LogP contribution in [0.4, 0.5) is 0 Å². The van der Waals surface area contributed by atoms with Crippen LogP contribution in [-0.2, 0) is 4.74 Å². The van der Waals surface area contributed by atoms with Crippen molar-refractivity contribution in [3.8, 4) is 0 Å². The smallest absolute Gasteiger partial charge is 0.0591 e. The lowest BCUT2D eigenvalue weighted by Crippen LogP contribution is -2.16. The molecule has 0 saturated heterocycles. The normalized spacial score (nSPS) is 12.7. The van der Waals surface area contributed by atoms with Gasteiger partial charge in [0.1, 0.15) is 0 Å². The van der Waals surface area contributed by atoms with E-state index >= 15 is 0 Å². The molecule has 0 saturated carbocycles. The molecule has 0 aromatic heterocycles. The zero-order valence-corrected chi connectivity index (χ0v) is 8.99. The maximum absolute atomic E-state index is 5.53. The topological polar surface area (TPSA) is 21.3 Å². The summed E-state index contributed by atoms with van der Waals surface area (Å²) in [6, 6.07) is 10.5. The average molecular weight is 193 g/mol. The fourth-order valence-corrected chi connectivity index (χ4v) is 1.31. The first-order valence-corrected chi connectivity index (χ1v) is 5.12. The molecule has 2 nitrogen and oxygen atoms in total. The molecule has 14 heavy (non-hydrogen) atoms. The van der Waals surface area contributed by atoms with Crippen molar-refractivity contribution in [3.05, 3.63) is 35.9 Å². The number of hydrogen-bond donors (Lipinski definition) is 1. The predicted molar refractivity (Wildman–Crippen MR) is 59.6 cm³/mol. The molecule has 0 aliphatic heterocycles. The van der Waals surface area contributed by atoms with Gasteiger partial charge in [-0.25, -0.2) is 0 Å². The molecule has 78 valence electrons. The Bertz CT molecular complexity index is 235. The van der Waals surface area contributed by atoms with Crippen LogP contribution in [0.3, 0.4) is 0 Å². The van der Waals surface area contributed by atoms with Crippen LogP contribution in [0, 0.1) is 0 Å². The average Bonchev–Trinajstić information content (AvgIpc) is 2.25. The molecule has 1 N–H and O–H groups in total. The minimum atomic E-state index is 0.480. The highest BCUT2D eigenvalue weighted by Crippen LogP contribution is 2.14. The van der Waals surface area contributed by atoms with Gasteiger partial charge < -0.3 is 10.1 Å². The quantitative estimate of drug-likeness (QED) is 0.698. The number of benzene rings is 1. The lowest BCUT2D eigenvalue weighted by atomic mass is 10.0. The number of rotatable bonds is 6. The molecule has 2 heteroatoms. The summed E-state index contributed by atoms with van der Waals surface area (Å²) in [5.41, 5.74) is 1.34. The van der Waals surface area contributed by atoms with Gasteiger partial charge in [0, 0.05) is 12.5 Å². The van der Waals surface area contributed by atoms with Crippen LogP contribution in [0.1, 0.15) is 18.4 Å². The first-order chi connectivity index (χ1) is 6.84. The van der Waals surface area contributed by atoms with Gasteiger partial charge in [-0.2, -0.15) is 0 Å². The standard InChI is InChI=1S/C12H19NO/c1-11(10-14-9-8-13-2)12-6-4-3-5-7-12/h3-7,11,13H,8-10H2,1-2H3/t11-/m1/s1. The molecule has 0 amide bonds. The second-order valence-electron chi connectivity index (χ2n) is 3.49. The monoisotopic (exact) mass is 193 g/mol. The van der Waals surface area contributed by atoms with Crippen molar-refractivity contribution in [3.63, 3.8) is 0 Å². The molecular weight excluding hydrogens is 174 g/mol. The third kappa shape index (κ3) is 3.90. The van der Waals surface area contributed by atoms with E-state index in [1.54, 1.807) is 0 Å². The van der Waals surface area contributed by atoms with Crippen LogP contribution in [0.2, 0.25) is 0 Å². The van der Waals surface area contributed by atoms with Gasteiger partial charge in [-0.3, -0.25) is 0 Å². The summed E-state index contributed by atoms with van der Waals surface area (Å²) < 4.78 is 5.53. The summed E-state index contributed by atoms with van der Waals surface area (Å²) in [4.78, 5) is 0. The summed E-state index contributed by atoms with van der Waals surface area (Å²) in [6.07, 6.45) is 0. The molecule has 0 radical (unpaired) electrons. The van der Waals surface area contributed by atoms with Crippen molar-refractivity contribution in [1.29, 1.82) is 0 Å². The highest BCUT2D eigenvalue weighted by molar-refractivity contribution is 5.18. The van der Waals surface area contributed by atoms with Crippen LogP contribution in [-0.4, -0.2) is 26.8 Å². The molecule has 0 fully saturated rings. The SMILES string of the molecule is CNCCOC[C@@H](C)c1ccccc1. The molecule has 0 heterocycles. The van der Waals surface area contributed by atoms with Crippen LogP contribution in [0.15, 0.2) is 30.3 Å². The number of likely N-dealkylation sites (N-methyl/N-ethyl adjacent to an activating group) is 1. The Morgan fingerprint density at radius 3 is 2.64 bits per heavy atom. The molecule has 0 aliphatic rings. The Balaban J connectivity index is 2.25. The maximum atomic E-state index is 5.53. The molecule has 1 rings (SSSR count). The van der Waals surface area contributed by atoms with Gasteiger partial charge in [0.15, 0.2) is 0 Å². The van der Waals surface area contributed by atoms with Gasteiger partial charge in [0.2, 0.25) is 0 Å². The molecule has 1 aromatic carbocycles. The first-order valence-electron chi connectivity index (χ1n) is 5.12. The van der Waals surface area contributed by atoms with Crippen molar-refractivity contribution in [2.45, 2.75) is 12.8 Å². The predicted octanol–water partition coefficient (Wildman–Crippen LogP) is 2.03. The van der Waals surface area contributed by atoms with Crippen molar-refractivity contribution in [2.75, 3.05) is 26.8 Å². The van der Waals surface area contributed by atoms with Crippen LogP contribution >= 0.6 is 0 Å². The van der Waals surface area contributed by atoms with Gasteiger partial charge in [-0.15, -0.1) is 0 Å². The highest BCUT2D eigenvalue weighted by Gasteiger charge is 2.03. The Morgan fingerprint density at radius 2 is 2.00 bits per heavy atom. The van der Waals surface area contributed by atoms with E-state index in [-0.39, 0.29) is 0 Å². The Morgan fingerprint density at radius 1 is 1.29 bits per heavy atom. The molecule has 0 aliphatic carbocycles. The highest BCUT2D eigenvalue weighted by atomic mass is 16.5. The van der Waals surface area contributed by atoms with Crippen molar-refractivity contribution in [1.82, 2.24) is 5.32 Å². The molecule has 0 spiro atoms. The summed E-state index contributed by atoms with van der Waals surface area (Å²) in [5, 5.41) is 3.06. The van der Waals surface area contributed by atoms with Crippen LogP contribution in [0.5, 0.6) is 0 Å². The first kappa shape index (κ1) is 11.2. The summed E-state index contributed by atoms with van der Waals surface area (Å²) in [7, 11) is 1.93. The van der Waals surface area contributed by atoms with Gasteiger partial charge in [-0.1, -0.05) is 37.3 Å². The van der Waals surface area contributed by atoms with Crippen molar-refractivity contribution >= 4 is 0 Å². The van der Waals surface area contributed by atoms with E-state index < -0.39 is 0 Å².